The number of imidazole rings is 1. The second kappa shape index (κ2) is 10.0. The molecule has 2 aromatic heterocycles. The van der Waals surface area contributed by atoms with E-state index in [2.05, 4.69) is 25.4 Å². The third-order valence-electron chi connectivity index (χ3n) is 5.01. The summed E-state index contributed by atoms with van der Waals surface area (Å²) in [5.41, 5.74) is 4.18. The van der Waals surface area contributed by atoms with Gasteiger partial charge in [-0.3, -0.25) is 9.36 Å². The van der Waals surface area contributed by atoms with Crippen molar-refractivity contribution in [2.24, 2.45) is 0 Å². The number of nitrogens with one attached hydrogen (secondary N) is 2. The molecule has 3 heterocycles. The number of ether oxygens (including phenoxy) is 2. The number of carbonyl (C=O) groups excluding carboxylic acids is 1. The van der Waals surface area contributed by atoms with Gasteiger partial charge in [-0.2, -0.15) is 9.97 Å². The average Bonchev–Trinajstić information content (AvgIpc) is 3.24. The van der Waals surface area contributed by atoms with E-state index in [1.54, 1.807) is 27.8 Å². The molecule has 15 heteroatoms. The van der Waals surface area contributed by atoms with Crippen LogP contribution in [0.1, 0.15) is 33.9 Å². The second-order valence-electron chi connectivity index (χ2n) is 8.02. The van der Waals surface area contributed by atoms with Gasteiger partial charge in [0, 0.05) is 7.05 Å². The van der Waals surface area contributed by atoms with E-state index in [-0.39, 0.29) is 24.3 Å². The highest BCUT2D eigenvalue weighted by atomic mass is 32.4. The summed E-state index contributed by atoms with van der Waals surface area (Å²) in [6.45, 7) is 6.10. The quantitative estimate of drug-likeness (QED) is 0.286. The Hall–Kier alpha value is -2.09. The molecule has 1 saturated heterocycles. The Morgan fingerprint density at radius 1 is 1.48 bits per heavy atom. The van der Waals surface area contributed by atoms with Gasteiger partial charge in [-0.15, -0.1) is 4.52 Å². The molecule has 0 aromatic carbocycles. The minimum Gasteiger partial charge on any atom is -0.462 e. The van der Waals surface area contributed by atoms with Gasteiger partial charge in [-0.05, 0) is 27.7 Å². The molecule has 1 aliphatic rings. The van der Waals surface area contributed by atoms with Crippen molar-refractivity contribution < 1.29 is 28.3 Å². The molecule has 0 aliphatic carbocycles. The van der Waals surface area contributed by atoms with Crippen molar-refractivity contribution in [3.05, 3.63) is 6.33 Å². The molecular formula is C18H28FN7O5PS+. The number of hydrogen-bond acceptors (Lipinski definition) is 11. The van der Waals surface area contributed by atoms with Crippen LogP contribution in [0.15, 0.2) is 6.33 Å². The first-order valence-electron chi connectivity index (χ1n) is 10.2. The maximum absolute atomic E-state index is 15.6. The smallest absolute Gasteiger partial charge is 0.440 e. The number of alkyl halides is 1. The van der Waals surface area contributed by atoms with Gasteiger partial charge in [-0.1, -0.05) is 5.09 Å². The molecule has 33 heavy (non-hydrogen) atoms. The zero-order valence-electron chi connectivity index (χ0n) is 18.9. The van der Waals surface area contributed by atoms with E-state index in [9.17, 15) is 9.90 Å². The van der Waals surface area contributed by atoms with Crippen LogP contribution >= 0.6 is 7.07 Å². The van der Waals surface area contributed by atoms with Crippen molar-refractivity contribution in [2.45, 2.75) is 63.9 Å². The Kier molecular flexibility index (Phi) is 7.76. The fourth-order valence-corrected chi connectivity index (χ4v) is 4.79. The van der Waals surface area contributed by atoms with Crippen LogP contribution in [0.4, 0.5) is 16.2 Å². The molecule has 1 fully saturated rings. The number of aromatic nitrogens is 4. The van der Waals surface area contributed by atoms with Gasteiger partial charge in [-0.25, -0.2) is 9.37 Å². The Morgan fingerprint density at radius 2 is 2.18 bits per heavy atom. The number of hydrogen-bond donors (Lipinski definition) is 4. The lowest BCUT2D eigenvalue weighted by molar-refractivity contribution is -0.148. The molecule has 0 saturated carbocycles. The van der Waals surface area contributed by atoms with Crippen molar-refractivity contribution in [1.82, 2.24) is 24.6 Å². The number of nitrogens with two attached hydrogens (primary N) is 1. The highest BCUT2D eigenvalue weighted by Gasteiger charge is 2.56. The van der Waals surface area contributed by atoms with Gasteiger partial charge in [0.2, 0.25) is 17.8 Å². The molecule has 1 aliphatic heterocycles. The lowest BCUT2D eigenvalue weighted by Gasteiger charge is -2.24. The SMILES string of the molecule is CNc1nc(N)nc2c1ncn2[C@@H]1O[C@H](CO[P+](=S)N[C@H](C)C(=O)OC(C)C)[C@@H](O)[C@@]1(C)F. The third-order valence-corrected chi connectivity index (χ3v) is 6.62. The maximum atomic E-state index is 15.6. The summed E-state index contributed by atoms with van der Waals surface area (Å²) < 4.78 is 33.4. The summed E-state index contributed by atoms with van der Waals surface area (Å²) in [6, 6.07) is -0.687. The van der Waals surface area contributed by atoms with Gasteiger partial charge < -0.3 is 25.6 Å². The van der Waals surface area contributed by atoms with Gasteiger partial charge in [0.15, 0.2) is 28.9 Å². The Morgan fingerprint density at radius 3 is 2.82 bits per heavy atom. The van der Waals surface area contributed by atoms with Crippen LogP contribution in [0.3, 0.4) is 0 Å². The molecule has 6 atom stereocenters. The van der Waals surface area contributed by atoms with Crippen molar-refractivity contribution >= 4 is 47.8 Å². The summed E-state index contributed by atoms with van der Waals surface area (Å²) in [4.78, 5) is 24.3. The summed E-state index contributed by atoms with van der Waals surface area (Å²) in [5.74, 6) is -0.114. The normalized spacial score (nSPS) is 26.5. The van der Waals surface area contributed by atoms with Crippen LogP contribution in [0.2, 0.25) is 0 Å². The lowest BCUT2D eigenvalue weighted by atomic mass is 9.98. The van der Waals surface area contributed by atoms with Crippen molar-refractivity contribution in [3.63, 3.8) is 0 Å². The van der Waals surface area contributed by atoms with Crippen LogP contribution in [0.5, 0.6) is 0 Å². The Balaban J connectivity index is 1.70. The van der Waals surface area contributed by atoms with E-state index in [1.807, 2.05) is 0 Å². The molecule has 1 unspecified atom stereocenters. The van der Waals surface area contributed by atoms with E-state index < -0.39 is 43.2 Å². The number of aliphatic hydroxyl groups is 1. The van der Waals surface area contributed by atoms with Crippen LogP contribution in [-0.4, -0.2) is 74.3 Å². The number of carbonyl (C=O) groups is 1. The predicted molar refractivity (Wildman–Crippen MR) is 123 cm³/mol. The van der Waals surface area contributed by atoms with Gasteiger partial charge in [0.05, 0.1) is 12.4 Å². The van der Waals surface area contributed by atoms with Crippen LogP contribution in [-0.2, 0) is 30.6 Å². The molecule has 5 N–H and O–H groups in total. The fourth-order valence-electron chi connectivity index (χ4n) is 3.35. The highest BCUT2D eigenvalue weighted by molar-refractivity contribution is 8.02. The Labute approximate surface area is 196 Å². The third kappa shape index (κ3) is 5.36. The first-order chi connectivity index (χ1) is 15.4. The van der Waals surface area contributed by atoms with Crippen LogP contribution < -0.4 is 16.1 Å². The van der Waals surface area contributed by atoms with E-state index in [0.29, 0.717) is 11.3 Å². The van der Waals surface area contributed by atoms with Gasteiger partial charge in [0.25, 0.3) is 0 Å². The van der Waals surface area contributed by atoms with E-state index in [4.69, 9.17) is 31.5 Å². The monoisotopic (exact) mass is 504 g/mol. The maximum Gasteiger partial charge on any atom is 0.440 e. The van der Waals surface area contributed by atoms with Crippen molar-refractivity contribution in [2.75, 3.05) is 24.7 Å². The van der Waals surface area contributed by atoms with Gasteiger partial charge in [0.1, 0.15) is 24.9 Å². The minimum absolute atomic E-state index is 0.0273. The summed E-state index contributed by atoms with van der Waals surface area (Å²) in [6.07, 6.45) is -2.72. The molecular weight excluding hydrogens is 476 g/mol. The summed E-state index contributed by atoms with van der Waals surface area (Å²) in [7, 11) is -0.0416. The van der Waals surface area contributed by atoms with Crippen molar-refractivity contribution in [3.8, 4) is 0 Å². The molecule has 0 amide bonds. The lowest BCUT2D eigenvalue weighted by Crippen LogP contribution is -2.40. The number of halogens is 1. The predicted octanol–water partition coefficient (Wildman–Crippen LogP) is 1.16. The first-order valence-corrected chi connectivity index (χ1v) is 12.5. The van der Waals surface area contributed by atoms with E-state index in [1.165, 1.54) is 17.8 Å². The molecule has 0 spiro atoms. The zero-order chi connectivity index (χ0) is 24.5. The number of aliphatic hydroxyl groups excluding tert-OH is 1. The topological polar surface area (TPSA) is 159 Å². The summed E-state index contributed by atoms with van der Waals surface area (Å²) in [5, 5.41) is 16.3. The van der Waals surface area contributed by atoms with Crippen LogP contribution in [0, 0.1) is 0 Å². The Bertz CT molecular complexity index is 1040. The van der Waals surface area contributed by atoms with Gasteiger partial charge >= 0.3 is 13.0 Å². The fraction of sp³-hybridized carbons (Fsp3) is 0.667. The second-order valence-corrected chi connectivity index (χ2v) is 10.0. The number of fused-ring (bicyclic) bond motifs is 1. The molecule has 182 valence electrons. The zero-order valence-corrected chi connectivity index (χ0v) is 20.6. The molecule has 3 rings (SSSR count). The van der Waals surface area contributed by atoms with Crippen LogP contribution in [0.25, 0.3) is 11.2 Å². The number of nitrogens with zero attached hydrogens (tertiary/aromatic N) is 4. The van der Waals surface area contributed by atoms with E-state index >= 15 is 4.39 Å². The average molecular weight is 505 g/mol. The number of nitrogen functional groups attached to an aromatic ring is 1. The summed E-state index contributed by atoms with van der Waals surface area (Å²) >= 11 is 5.23. The standard InChI is InChI=1S/C18H28FN7O5PS/c1-8(2)30-15(28)9(3)25-32(33)29-6-10-12(27)18(4,19)16(31-10)26-7-22-11-13(21-5)23-17(20)24-14(11)26/h7-10,12,16,27H,6H2,1-5H3,(H,25,33)(H3,20,21,23,24)/q+1/t9-,10-,12-,16-,18-/m1/s1. The number of esters is 1. The minimum atomic E-state index is -2.20. The molecule has 2 aromatic rings. The number of rotatable bonds is 9. The van der Waals surface area contributed by atoms with Crippen molar-refractivity contribution in [1.29, 1.82) is 0 Å². The largest absolute Gasteiger partial charge is 0.462 e. The molecule has 0 radical (unpaired) electrons. The molecule has 12 nitrogen and oxygen atoms in total. The van der Waals surface area contributed by atoms with E-state index in [0.717, 1.165) is 0 Å². The number of anilines is 2. The highest BCUT2D eigenvalue weighted by Crippen LogP contribution is 2.43. The first kappa shape index (κ1) is 25.5. The molecule has 0 bridgehead atoms.